The standard InChI is InChI=1S/C16H24N2O4/c1-9-13(11(3)19)10(2)17-14(9)16(21)22-12(4)15(20)18-7-5-6-8-18/h11-12,17,19H,5-8H2,1-4H3/t11-,12+/m1/s1. The molecule has 1 aromatic heterocycles. The van der Waals surface area contributed by atoms with E-state index in [0.717, 1.165) is 31.6 Å². The van der Waals surface area contributed by atoms with E-state index in [1.54, 1.807) is 32.6 Å². The lowest BCUT2D eigenvalue weighted by Crippen LogP contribution is -2.38. The van der Waals surface area contributed by atoms with Gasteiger partial charge in [-0.1, -0.05) is 0 Å². The highest BCUT2D eigenvalue weighted by atomic mass is 16.5. The number of carbonyl (C=O) groups is 2. The van der Waals surface area contributed by atoms with Gasteiger partial charge >= 0.3 is 5.97 Å². The van der Waals surface area contributed by atoms with Crippen molar-refractivity contribution in [1.29, 1.82) is 0 Å². The van der Waals surface area contributed by atoms with Gasteiger partial charge in [0.2, 0.25) is 0 Å². The van der Waals surface area contributed by atoms with E-state index in [1.807, 2.05) is 0 Å². The maximum absolute atomic E-state index is 12.3. The van der Waals surface area contributed by atoms with E-state index < -0.39 is 18.2 Å². The molecule has 1 fully saturated rings. The summed E-state index contributed by atoms with van der Waals surface area (Å²) >= 11 is 0. The van der Waals surface area contributed by atoms with Gasteiger partial charge in [0.15, 0.2) is 6.10 Å². The summed E-state index contributed by atoms with van der Waals surface area (Å²) in [5, 5.41) is 9.76. The molecule has 0 unspecified atom stereocenters. The highest BCUT2D eigenvalue weighted by Crippen LogP contribution is 2.25. The summed E-state index contributed by atoms with van der Waals surface area (Å²) in [6.45, 7) is 8.26. The van der Waals surface area contributed by atoms with E-state index >= 15 is 0 Å². The van der Waals surface area contributed by atoms with E-state index in [-0.39, 0.29) is 5.91 Å². The molecule has 22 heavy (non-hydrogen) atoms. The number of aromatic nitrogens is 1. The number of hydrogen-bond acceptors (Lipinski definition) is 4. The molecule has 1 saturated heterocycles. The molecule has 0 radical (unpaired) electrons. The number of nitrogens with one attached hydrogen (secondary N) is 1. The van der Waals surface area contributed by atoms with E-state index in [9.17, 15) is 14.7 Å². The number of aromatic amines is 1. The smallest absolute Gasteiger partial charge is 0.355 e. The van der Waals surface area contributed by atoms with E-state index in [1.165, 1.54) is 0 Å². The summed E-state index contributed by atoms with van der Waals surface area (Å²) in [5.41, 5.74) is 2.40. The molecule has 6 nitrogen and oxygen atoms in total. The van der Waals surface area contributed by atoms with Crippen molar-refractivity contribution >= 4 is 11.9 Å². The summed E-state index contributed by atoms with van der Waals surface area (Å²) in [4.78, 5) is 29.1. The molecule has 1 aromatic rings. The van der Waals surface area contributed by atoms with Gasteiger partial charge in [-0.05, 0) is 46.1 Å². The molecule has 0 spiro atoms. The van der Waals surface area contributed by atoms with Crippen LogP contribution in [0.15, 0.2) is 0 Å². The summed E-state index contributed by atoms with van der Waals surface area (Å²) in [6, 6.07) is 0. The minimum Gasteiger partial charge on any atom is -0.448 e. The lowest BCUT2D eigenvalue weighted by molar-refractivity contribution is -0.138. The van der Waals surface area contributed by atoms with Crippen molar-refractivity contribution in [3.05, 3.63) is 22.5 Å². The van der Waals surface area contributed by atoms with Crippen LogP contribution in [0.25, 0.3) is 0 Å². The van der Waals surface area contributed by atoms with Crippen molar-refractivity contribution in [3.8, 4) is 0 Å². The number of likely N-dealkylation sites (tertiary alicyclic amines) is 1. The first kappa shape index (κ1) is 16.5. The fourth-order valence-electron chi connectivity index (χ4n) is 3.06. The number of aryl methyl sites for hydroxylation is 1. The van der Waals surface area contributed by atoms with Crippen molar-refractivity contribution in [2.24, 2.45) is 0 Å². The van der Waals surface area contributed by atoms with E-state index in [0.29, 0.717) is 16.8 Å². The summed E-state index contributed by atoms with van der Waals surface area (Å²) in [6.07, 6.45) is 0.531. The first-order valence-corrected chi connectivity index (χ1v) is 7.69. The van der Waals surface area contributed by atoms with Gasteiger partial charge in [0, 0.05) is 24.3 Å². The first-order chi connectivity index (χ1) is 10.3. The number of amides is 1. The number of esters is 1. The third kappa shape index (κ3) is 3.16. The van der Waals surface area contributed by atoms with Gasteiger partial charge in [0.1, 0.15) is 5.69 Å². The molecule has 1 amide bonds. The summed E-state index contributed by atoms with van der Waals surface area (Å²) in [7, 11) is 0. The Hall–Kier alpha value is -1.82. The molecule has 1 aliphatic heterocycles. The van der Waals surface area contributed by atoms with Crippen LogP contribution in [0.4, 0.5) is 0 Å². The van der Waals surface area contributed by atoms with Crippen LogP contribution in [0, 0.1) is 13.8 Å². The van der Waals surface area contributed by atoms with Gasteiger partial charge in [0.05, 0.1) is 6.10 Å². The maximum atomic E-state index is 12.3. The van der Waals surface area contributed by atoms with Gasteiger partial charge in [-0.25, -0.2) is 4.79 Å². The van der Waals surface area contributed by atoms with Crippen molar-refractivity contribution in [2.75, 3.05) is 13.1 Å². The molecule has 2 heterocycles. The Balaban J connectivity index is 2.09. The molecular weight excluding hydrogens is 284 g/mol. The van der Waals surface area contributed by atoms with Crippen LogP contribution >= 0.6 is 0 Å². The molecule has 2 rings (SSSR count). The van der Waals surface area contributed by atoms with Crippen molar-refractivity contribution < 1.29 is 19.4 Å². The number of aliphatic hydroxyl groups is 1. The number of H-pyrrole nitrogens is 1. The molecule has 122 valence electrons. The van der Waals surface area contributed by atoms with Crippen LogP contribution in [-0.2, 0) is 9.53 Å². The second kappa shape index (κ2) is 6.52. The van der Waals surface area contributed by atoms with Crippen LogP contribution in [0.3, 0.4) is 0 Å². The van der Waals surface area contributed by atoms with Gasteiger partial charge < -0.3 is 19.7 Å². The number of nitrogens with zero attached hydrogens (tertiary/aromatic N) is 1. The maximum Gasteiger partial charge on any atom is 0.355 e. The number of ether oxygens (including phenoxy) is 1. The minimum atomic E-state index is -0.802. The molecule has 0 saturated carbocycles. The Morgan fingerprint density at radius 1 is 1.23 bits per heavy atom. The Morgan fingerprint density at radius 2 is 1.82 bits per heavy atom. The molecular formula is C16H24N2O4. The highest BCUT2D eigenvalue weighted by Gasteiger charge is 2.28. The minimum absolute atomic E-state index is 0.150. The SMILES string of the molecule is Cc1[nH]c(C(=O)O[C@@H](C)C(=O)N2CCCC2)c(C)c1[C@@H](C)O. The van der Waals surface area contributed by atoms with E-state index in [2.05, 4.69) is 4.98 Å². The molecule has 2 N–H and O–H groups in total. The molecule has 0 bridgehead atoms. The van der Waals surface area contributed by atoms with Crippen LogP contribution in [0.5, 0.6) is 0 Å². The zero-order valence-corrected chi connectivity index (χ0v) is 13.6. The Kier molecular flexibility index (Phi) is 4.90. The Bertz CT molecular complexity index is 571. The average molecular weight is 308 g/mol. The van der Waals surface area contributed by atoms with Crippen LogP contribution in [0.1, 0.15) is 60.1 Å². The average Bonchev–Trinajstić information content (AvgIpc) is 3.05. The molecule has 2 atom stereocenters. The Morgan fingerprint density at radius 3 is 2.32 bits per heavy atom. The van der Waals surface area contributed by atoms with Gasteiger partial charge in [0.25, 0.3) is 5.91 Å². The van der Waals surface area contributed by atoms with Crippen LogP contribution in [0.2, 0.25) is 0 Å². The molecule has 6 heteroatoms. The zero-order chi connectivity index (χ0) is 16.4. The van der Waals surface area contributed by atoms with Gasteiger partial charge in [-0.3, -0.25) is 4.79 Å². The van der Waals surface area contributed by atoms with Gasteiger partial charge in [-0.15, -0.1) is 0 Å². The molecule has 1 aliphatic rings. The largest absolute Gasteiger partial charge is 0.448 e. The fourth-order valence-corrected chi connectivity index (χ4v) is 3.06. The number of aliphatic hydroxyl groups excluding tert-OH is 1. The predicted molar refractivity (Wildman–Crippen MR) is 81.6 cm³/mol. The molecule has 0 aliphatic carbocycles. The fraction of sp³-hybridized carbons (Fsp3) is 0.625. The topological polar surface area (TPSA) is 82.6 Å². The predicted octanol–water partition coefficient (Wildman–Crippen LogP) is 1.85. The van der Waals surface area contributed by atoms with Crippen molar-refractivity contribution in [3.63, 3.8) is 0 Å². The molecule has 0 aromatic carbocycles. The second-order valence-electron chi connectivity index (χ2n) is 5.92. The van der Waals surface area contributed by atoms with E-state index in [4.69, 9.17) is 4.74 Å². The zero-order valence-electron chi connectivity index (χ0n) is 13.6. The second-order valence-corrected chi connectivity index (χ2v) is 5.92. The quantitative estimate of drug-likeness (QED) is 0.832. The normalized spacial score (nSPS) is 17.4. The number of rotatable bonds is 4. The third-order valence-corrected chi connectivity index (χ3v) is 4.17. The van der Waals surface area contributed by atoms with Crippen LogP contribution in [-0.4, -0.2) is 46.1 Å². The van der Waals surface area contributed by atoms with Gasteiger partial charge in [-0.2, -0.15) is 0 Å². The lowest BCUT2D eigenvalue weighted by atomic mass is 10.1. The van der Waals surface area contributed by atoms with Crippen molar-refractivity contribution in [1.82, 2.24) is 9.88 Å². The highest BCUT2D eigenvalue weighted by molar-refractivity contribution is 5.92. The first-order valence-electron chi connectivity index (χ1n) is 7.69. The van der Waals surface area contributed by atoms with Crippen LogP contribution < -0.4 is 0 Å². The lowest BCUT2D eigenvalue weighted by Gasteiger charge is -2.20. The summed E-state index contributed by atoms with van der Waals surface area (Å²) in [5.74, 6) is -0.713. The van der Waals surface area contributed by atoms with Crippen molar-refractivity contribution in [2.45, 2.75) is 52.7 Å². The monoisotopic (exact) mass is 308 g/mol. The summed E-state index contributed by atoms with van der Waals surface area (Å²) < 4.78 is 5.30. The number of hydrogen-bond donors (Lipinski definition) is 2. The Labute approximate surface area is 130 Å². The third-order valence-electron chi connectivity index (χ3n) is 4.17. The number of carbonyl (C=O) groups excluding carboxylic acids is 2.